The molecule has 5 nitrogen and oxygen atoms in total. The predicted octanol–water partition coefficient (Wildman–Crippen LogP) is 2.25. The Morgan fingerprint density at radius 3 is 2.89 bits per heavy atom. The summed E-state index contributed by atoms with van der Waals surface area (Å²) in [7, 11) is 1.87. The summed E-state index contributed by atoms with van der Waals surface area (Å²) in [5.74, 6) is -0.513. The van der Waals surface area contributed by atoms with Crippen LogP contribution >= 0.6 is 0 Å². The lowest BCUT2D eigenvalue weighted by atomic mass is 10.2. The quantitative estimate of drug-likeness (QED) is 0.661. The minimum Gasteiger partial charge on any atom is -0.483 e. The number of nitro benzene ring substituents is 1. The van der Waals surface area contributed by atoms with Crippen LogP contribution < -0.4 is 10.1 Å². The van der Waals surface area contributed by atoms with Crippen LogP contribution in [0.25, 0.3) is 0 Å². The van der Waals surface area contributed by atoms with E-state index in [4.69, 9.17) is 4.74 Å². The van der Waals surface area contributed by atoms with Crippen LogP contribution in [0.3, 0.4) is 0 Å². The number of halogens is 1. The highest BCUT2D eigenvalue weighted by atomic mass is 19.1. The van der Waals surface area contributed by atoms with Crippen LogP contribution in [0.4, 0.5) is 10.1 Å². The summed E-state index contributed by atoms with van der Waals surface area (Å²) in [5, 5.41) is 14.0. The van der Waals surface area contributed by atoms with Gasteiger partial charge in [0.2, 0.25) is 0 Å². The van der Waals surface area contributed by atoms with E-state index in [0.29, 0.717) is 6.04 Å². The zero-order valence-electron chi connectivity index (χ0n) is 10.1. The molecule has 0 aliphatic heterocycles. The first kappa shape index (κ1) is 12.8. The number of rotatable bonds is 4. The van der Waals surface area contributed by atoms with Crippen LogP contribution in [-0.4, -0.2) is 24.1 Å². The molecule has 1 aromatic carbocycles. The second-order valence-corrected chi connectivity index (χ2v) is 4.41. The van der Waals surface area contributed by atoms with Gasteiger partial charge in [0.25, 0.3) is 0 Å². The monoisotopic (exact) mass is 254 g/mol. The van der Waals surface area contributed by atoms with Crippen molar-refractivity contribution in [2.24, 2.45) is 0 Å². The molecule has 1 aromatic rings. The van der Waals surface area contributed by atoms with E-state index in [9.17, 15) is 14.5 Å². The van der Waals surface area contributed by atoms with E-state index >= 15 is 0 Å². The van der Waals surface area contributed by atoms with Gasteiger partial charge in [-0.05, 0) is 32.4 Å². The average Bonchev–Trinajstić information content (AvgIpc) is 2.76. The molecule has 98 valence electrons. The molecule has 1 N–H and O–H groups in total. The third-order valence-electron chi connectivity index (χ3n) is 3.20. The standard InChI is InChI=1S/C12H15FN2O3/c1-14-9-3-4-10(7-9)18-12-6-8(13)2-5-11(12)15(16)17/h2,5-6,9-10,14H,3-4,7H2,1H3/t9?,10-/m0/s1. The van der Waals surface area contributed by atoms with E-state index in [1.807, 2.05) is 7.05 Å². The highest BCUT2D eigenvalue weighted by molar-refractivity contribution is 5.46. The fraction of sp³-hybridized carbons (Fsp3) is 0.500. The molecule has 1 aliphatic carbocycles. The van der Waals surface area contributed by atoms with Crippen LogP contribution in [0.2, 0.25) is 0 Å². The van der Waals surface area contributed by atoms with Crippen molar-refractivity contribution in [2.75, 3.05) is 7.05 Å². The number of hydrogen-bond donors (Lipinski definition) is 1. The van der Waals surface area contributed by atoms with Gasteiger partial charge in [-0.15, -0.1) is 0 Å². The molecule has 0 radical (unpaired) electrons. The summed E-state index contributed by atoms with van der Waals surface area (Å²) < 4.78 is 18.7. The molecule has 0 spiro atoms. The maximum absolute atomic E-state index is 13.1. The summed E-state index contributed by atoms with van der Waals surface area (Å²) >= 11 is 0. The second-order valence-electron chi connectivity index (χ2n) is 4.41. The van der Waals surface area contributed by atoms with Crippen molar-refractivity contribution in [2.45, 2.75) is 31.4 Å². The third-order valence-corrected chi connectivity index (χ3v) is 3.20. The molecule has 0 saturated heterocycles. The van der Waals surface area contributed by atoms with Gasteiger partial charge in [0.05, 0.1) is 4.92 Å². The molecule has 1 saturated carbocycles. The van der Waals surface area contributed by atoms with Gasteiger partial charge in [0, 0.05) is 18.2 Å². The Morgan fingerprint density at radius 2 is 2.28 bits per heavy atom. The summed E-state index contributed by atoms with van der Waals surface area (Å²) in [4.78, 5) is 10.3. The first-order valence-electron chi connectivity index (χ1n) is 5.88. The lowest BCUT2D eigenvalue weighted by Gasteiger charge is -2.14. The minimum atomic E-state index is -0.556. The molecule has 0 heterocycles. The molecule has 0 amide bonds. The normalized spacial score (nSPS) is 23.0. The zero-order chi connectivity index (χ0) is 13.1. The van der Waals surface area contributed by atoms with Crippen molar-refractivity contribution in [3.05, 3.63) is 34.1 Å². The average molecular weight is 254 g/mol. The van der Waals surface area contributed by atoms with Gasteiger partial charge >= 0.3 is 5.69 Å². The van der Waals surface area contributed by atoms with Gasteiger partial charge in [-0.1, -0.05) is 0 Å². The van der Waals surface area contributed by atoms with Crippen LogP contribution in [0.15, 0.2) is 18.2 Å². The summed E-state index contributed by atoms with van der Waals surface area (Å²) in [5.41, 5.74) is -0.190. The van der Waals surface area contributed by atoms with E-state index in [1.54, 1.807) is 0 Å². The van der Waals surface area contributed by atoms with Gasteiger partial charge < -0.3 is 10.1 Å². The van der Waals surface area contributed by atoms with Gasteiger partial charge in [0.1, 0.15) is 11.9 Å². The SMILES string of the molecule is CNC1CC[C@H](Oc2cc(F)ccc2[N+](=O)[O-])C1. The molecule has 0 bridgehead atoms. The maximum atomic E-state index is 13.1. The molecular weight excluding hydrogens is 239 g/mol. The number of nitro groups is 1. The van der Waals surface area contributed by atoms with Crippen LogP contribution in [0.1, 0.15) is 19.3 Å². The Morgan fingerprint density at radius 1 is 1.50 bits per heavy atom. The molecule has 0 aromatic heterocycles. The van der Waals surface area contributed by atoms with Crippen molar-refractivity contribution in [1.82, 2.24) is 5.32 Å². The maximum Gasteiger partial charge on any atom is 0.311 e. The molecule has 18 heavy (non-hydrogen) atoms. The van der Waals surface area contributed by atoms with Gasteiger partial charge in [-0.25, -0.2) is 4.39 Å². The number of nitrogens with zero attached hydrogens (tertiary/aromatic N) is 1. The zero-order valence-corrected chi connectivity index (χ0v) is 10.1. The summed E-state index contributed by atoms with van der Waals surface area (Å²) in [6.07, 6.45) is 2.47. The molecule has 6 heteroatoms. The minimum absolute atomic E-state index is 0.0155. The van der Waals surface area contributed by atoms with Crippen LogP contribution in [0, 0.1) is 15.9 Å². The van der Waals surface area contributed by atoms with E-state index in [0.717, 1.165) is 37.5 Å². The first-order valence-corrected chi connectivity index (χ1v) is 5.88. The second kappa shape index (κ2) is 5.30. The van der Waals surface area contributed by atoms with Crippen LogP contribution in [0.5, 0.6) is 5.75 Å². The van der Waals surface area contributed by atoms with Crippen molar-refractivity contribution in [1.29, 1.82) is 0 Å². The molecule has 1 fully saturated rings. The number of ether oxygens (including phenoxy) is 1. The van der Waals surface area contributed by atoms with E-state index in [-0.39, 0.29) is 17.5 Å². The first-order chi connectivity index (χ1) is 8.60. The number of benzene rings is 1. The van der Waals surface area contributed by atoms with E-state index in [2.05, 4.69) is 5.32 Å². The highest BCUT2D eigenvalue weighted by Crippen LogP contribution is 2.31. The fourth-order valence-electron chi connectivity index (χ4n) is 2.22. The summed E-state index contributed by atoms with van der Waals surface area (Å²) in [6.45, 7) is 0. The smallest absolute Gasteiger partial charge is 0.311 e. The van der Waals surface area contributed by atoms with E-state index < -0.39 is 10.7 Å². The fourth-order valence-corrected chi connectivity index (χ4v) is 2.22. The predicted molar refractivity (Wildman–Crippen MR) is 64.2 cm³/mol. The van der Waals surface area contributed by atoms with Gasteiger partial charge in [-0.3, -0.25) is 10.1 Å². The Balaban J connectivity index is 2.13. The van der Waals surface area contributed by atoms with Gasteiger partial charge in [0.15, 0.2) is 5.75 Å². The molecule has 2 atom stereocenters. The summed E-state index contributed by atoms with van der Waals surface area (Å²) in [6, 6.07) is 3.64. The van der Waals surface area contributed by atoms with Crippen molar-refractivity contribution < 1.29 is 14.1 Å². The van der Waals surface area contributed by atoms with Crippen LogP contribution in [-0.2, 0) is 0 Å². The Labute approximate surface area is 104 Å². The Kier molecular flexibility index (Phi) is 3.76. The van der Waals surface area contributed by atoms with Crippen molar-refractivity contribution >= 4 is 5.69 Å². The third kappa shape index (κ3) is 2.76. The molecule has 1 aliphatic rings. The highest BCUT2D eigenvalue weighted by Gasteiger charge is 2.27. The van der Waals surface area contributed by atoms with E-state index in [1.165, 1.54) is 0 Å². The van der Waals surface area contributed by atoms with Gasteiger partial charge in [-0.2, -0.15) is 0 Å². The molecule has 2 rings (SSSR count). The Hall–Kier alpha value is -1.69. The molecule has 1 unspecified atom stereocenters. The lowest BCUT2D eigenvalue weighted by Crippen LogP contribution is -2.23. The Bertz CT molecular complexity index is 453. The van der Waals surface area contributed by atoms with Crippen molar-refractivity contribution in [3.63, 3.8) is 0 Å². The largest absolute Gasteiger partial charge is 0.483 e. The number of hydrogen-bond acceptors (Lipinski definition) is 4. The topological polar surface area (TPSA) is 64.4 Å². The number of nitrogens with one attached hydrogen (secondary N) is 1. The lowest BCUT2D eigenvalue weighted by molar-refractivity contribution is -0.386. The molecular formula is C12H15FN2O3. The van der Waals surface area contributed by atoms with Crippen molar-refractivity contribution in [3.8, 4) is 5.75 Å².